The lowest BCUT2D eigenvalue weighted by molar-refractivity contribution is 0.414. The maximum atomic E-state index is 11.2. The zero-order valence-electron chi connectivity index (χ0n) is 33.7. The quantitative estimate of drug-likeness (QED) is 0.101. The molecule has 0 N–H and O–H groups in total. The Morgan fingerprint density at radius 2 is 0.667 bits per heavy atom. The number of benzene rings is 7. The number of ether oxygens (including phenoxy) is 4. The van der Waals surface area contributed by atoms with Crippen LogP contribution in [0.1, 0.15) is 33.4 Å². The number of hydrogen-bond acceptors (Lipinski definition) is 8. The molecule has 0 spiro atoms. The van der Waals surface area contributed by atoms with E-state index in [9.17, 15) is 10.5 Å². The zero-order valence-corrected chi connectivity index (χ0v) is 33.7. The molecule has 8 heteroatoms. The largest absolute Gasteiger partial charge is 0.497 e. The summed E-state index contributed by atoms with van der Waals surface area (Å²) in [6, 6.07) is 59.4. The predicted octanol–water partition coefficient (Wildman–Crippen LogP) is 12.1. The van der Waals surface area contributed by atoms with Crippen molar-refractivity contribution in [3.8, 4) is 35.1 Å². The van der Waals surface area contributed by atoms with Crippen molar-refractivity contribution in [1.29, 1.82) is 10.5 Å². The molecule has 0 fully saturated rings. The number of methoxy groups -OCH3 is 4. The Kier molecular flexibility index (Phi) is 12.6. The van der Waals surface area contributed by atoms with Crippen LogP contribution in [-0.4, -0.2) is 28.4 Å². The fourth-order valence-corrected chi connectivity index (χ4v) is 6.93. The molecule has 0 saturated heterocycles. The standard InChI is InChI=1S/C52H42N4O4/c1-57-45-23-15-41(16-24-45)55(42-17-25-46(58-2)26-18-42)51(31-37-11-7-5-8-12-37)49-33-40(36-54)50(34-39(49)35-53)52(32-38-13-9-6-10-14-38)56(43-19-27-47(59-3)28-20-43)44-21-29-48(60-4)30-22-44/h5-34H,1-4H3. The second-order valence-corrected chi connectivity index (χ2v) is 13.5. The fraction of sp³-hybridized carbons (Fsp3) is 0.0769. The lowest BCUT2D eigenvalue weighted by Gasteiger charge is -2.31. The van der Waals surface area contributed by atoms with Crippen molar-refractivity contribution < 1.29 is 18.9 Å². The second kappa shape index (κ2) is 18.8. The van der Waals surface area contributed by atoms with E-state index in [0.29, 0.717) is 56.6 Å². The van der Waals surface area contributed by atoms with Crippen molar-refractivity contribution in [2.45, 2.75) is 0 Å². The van der Waals surface area contributed by atoms with Gasteiger partial charge in [0.15, 0.2) is 0 Å². The topological polar surface area (TPSA) is 91.0 Å². The van der Waals surface area contributed by atoms with Gasteiger partial charge in [0.05, 0.1) is 63.1 Å². The van der Waals surface area contributed by atoms with E-state index in [1.165, 1.54) is 0 Å². The lowest BCUT2D eigenvalue weighted by Crippen LogP contribution is -2.19. The average Bonchev–Trinajstić information content (AvgIpc) is 3.32. The fourth-order valence-electron chi connectivity index (χ4n) is 6.93. The summed E-state index contributed by atoms with van der Waals surface area (Å²) < 4.78 is 22.1. The van der Waals surface area contributed by atoms with Gasteiger partial charge in [-0.15, -0.1) is 0 Å². The molecule has 0 heterocycles. The Balaban J connectivity index is 1.51. The summed E-state index contributed by atoms with van der Waals surface area (Å²) in [5.41, 5.74) is 8.24. The second-order valence-electron chi connectivity index (χ2n) is 13.5. The maximum Gasteiger partial charge on any atom is 0.119 e. The van der Waals surface area contributed by atoms with E-state index in [0.717, 1.165) is 33.9 Å². The van der Waals surface area contributed by atoms with Gasteiger partial charge in [0.2, 0.25) is 0 Å². The Morgan fingerprint density at radius 1 is 0.400 bits per heavy atom. The summed E-state index contributed by atoms with van der Waals surface area (Å²) in [6.07, 6.45) is 4.07. The molecule has 294 valence electrons. The molecule has 0 aliphatic heterocycles. The molecule has 0 unspecified atom stereocenters. The molecule has 7 aromatic carbocycles. The molecule has 0 aliphatic carbocycles. The van der Waals surface area contributed by atoms with Gasteiger partial charge in [0.25, 0.3) is 0 Å². The van der Waals surface area contributed by atoms with Crippen LogP contribution in [0.25, 0.3) is 23.5 Å². The number of anilines is 4. The predicted molar refractivity (Wildman–Crippen MR) is 241 cm³/mol. The normalized spacial score (nSPS) is 11.2. The van der Waals surface area contributed by atoms with E-state index >= 15 is 0 Å². The highest BCUT2D eigenvalue weighted by Crippen LogP contribution is 2.43. The van der Waals surface area contributed by atoms with Crippen LogP contribution < -0.4 is 28.7 Å². The Hall–Kier alpha value is -8.20. The van der Waals surface area contributed by atoms with Crippen molar-refractivity contribution in [3.05, 3.63) is 203 Å². The average molecular weight is 787 g/mol. The molecule has 0 atom stereocenters. The molecule has 60 heavy (non-hydrogen) atoms. The first-order valence-corrected chi connectivity index (χ1v) is 19.2. The Labute approximate surface area is 351 Å². The van der Waals surface area contributed by atoms with E-state index in [2.05, 4.69) is 21.9 Å². The molecule has 0 radical (unpaired) electrons. The van der Waals surface area contributed by atoms with Crippen molar-refractivity contribution in [3.63, 3.8) is 0 Å². The van der Waals surface area contributed by atoms with E-state index < -0.39 is 0 Å². The summed E-state index contributed by atoms with van der Waals surface area (Å²) in [5, 5.41) is 22.3. The summed E-state index contributed by atoms with van der Waals surface area (Å²) >= 11 is 0. The molecular weight excluding hydrogens is 745 g/mol. The molecule has 8 nitrogen and oxygen atoms in total. The van der Waals surface area contributed by atoms with E-state index in [1.54, 1.807) is 28.4 Å². The van der Waals surface area contributed by atoms with Crippen molar-refractivity contribution in [1.82, 2.24) is 0 Å². The summed E-state index contributed by atoms with van der Waals surface area (Å²) in [5.74, 6) is 2.80. The molecule has 0 bridgehead atoms. The third kappa shape index (κ3) is 8.84. The van der Waals surface area contributed by atoms with Crippen LogP contribution in [0.5, 0.6) is 23.0 Å². The third-order valence-electron chi connectivity index (χ3n) is 9.96. The molecular formula is C52H42N4O4. The van der Waals surface area contributed by atoms with E-state index in [4.69, 9.17) is 18.9 Å². The van der Waals surface area contributed by atoms with Gasteiger partial charge in [0.1, 0.15) is 23.0 Å². The van der Waals surface area contributed by atoms with Gasteiger partial charge in [-0.25, -0.2) is 0 Å². The maximum absolute atomic E-state index is 11.2. The highest BCUT2D eigenvalue weighted by molar-refractivity contribution is 6.01. The van der Waals surface area contributed by atoms with Gasteiger partial charge < -0.3 is 28.7 Å². The highest BCUT2D eigenvalue weighted by atomic mass is 16.5. The minimum Gasteiger partial charge on any atom is -0.497 e. The van der Waals surface area contributed by atoms with Gasteiger partial charge >= 0.3 is 0 Å². The first-order valence-electron chi connectivity index (χ1n) is 19.2. The lowest BCUT2D eigenvalue weighted by atomic mass is 9.92. The van der Waals surface area contributed by atoms with Crippen molar-refractivity contribution in [2.24, 2.45) is 0 Å². The number of rotatable bonds is 14. The summed E-state index contributed by atoms with van der Waals surface area (Å²) in [4.78, 5) is 4.15. The first kappa shape index (κ1) is 40.0. The van der Waals surface area contributed by atoms with Gasteiger partial charge in [-0.05, 0) is 132 Å². The molecule has 0 amide bonds. The monoisotopic (exact) mass is 786 g/mol. The van der Waals surface area contributed by atoms with Crippen molar-refractivity contribution >= 4 is 46.3 Å². The number of nitrogens with zero attached hydrogens (tertiary/aromatic N) is 4. The smallest absolute Gasteiger partial charge is 0.119 e. The zero-order chi connectivity index (χ0) is 41.8. The summed E-state index contributed by atoms with van der Waals surface area (Å²) in [6.45, 7) is 0. The van der Waals surface area contributed by atoms with Crippen LogP contribution in [0.3, 0.4) is 0 Å². The highest BCUT2D eigenvalue weighted by Gasteiger charge is 2.26. The molecule has 7 aromatic rings. The van der Waals surface area contributed by atoms with Crippen LogP contribution in [0, 0.1) is 22.7 Å². The van der Waals surface area contributed by atoms with Crippen molar-refractivity contribution in [2.75, 3.05) is 38.2 Å². The van der Waals surface area contributed by atoms with Crippen LogP contribution in [0.2, 0.25) is 0 Å². The third-order valence-corrected chi connectivity index (χ3v) is 9.96. The van der Waals surface area contributed by atoms with Gasteiger partial charge in [-0.1, -0.05) is 60.7 Å². The van der Waals surface area contributed by atoms with Gasteiger partial charge in [-0.3, -0.25) is 0 Å². The molecule has 0 aromatic heterocycles. The number of nitriles is 2. The number of hydrogen-bond donors (Lipinski definition) is 0. The summed E-state index contributed by atoms with van der Waals surface area (Å²) in [7, 11) is 6.52. The minimum atomic E-state index is 0.363. The Morgan fingerprint density at radius 3 is 0.900 bits per heavy atom. The van der Waals surface area contributed by atoms with Gasteiger partial charge in [0, 0.05) is 33.9 Å². The van der Waals surface area contributed by atoms with E-state index in [1.807, 2.05) is 182 Å². The van der Waals surface area contributed by atoms with Crippen LogP contribution in [0.15, 0.2) is 170 Å². The van der Waals surface area contributed by atoms with Crippen LogP contribution in [-0.2, 0) is 0 Å². The SMILES string of the molecule is COc1ccc(N(C(=Cc2ccccc2)c2cc(C#N)c(C(=Cc3ccccc3)N(c3ccc(OC)cc3)c3ccc(OC)cc3)cc2C#N)c2ccc(OC)cc2)cc1. The molecule has 0 saturated carbocycles. The Bertz CT molecular complexity index is 2400. The van der Waals surface area contributed by atoms with E-state index in [-0.39, 0.29) is 0 Å². The molecule has 7 rings (SSSR count). The molecule has 0 aliphatic rings. The first-order chi connectivity index (χ1) is 29.5. The van der Waals surface area contributed by atoms with Crippen LogP contribution in [0.4, 0.5) is 22.7 Å². The van der Waals surface area contributed by atoms with Crippen LogP contribution >= 0.6 is 0 Å². The van der Waals surface area contributed by atoms with Gasteiger partial charge in [-0.2, -0.15) is 10.5 Å². The minimum absolute atomic E-state index is 0.363.